The smallest absolute Gasteiger partial charge is 0.251 e. The molecule has 2 aromatic carbocycles. The molecule has 6 nitrogen and oxygen atoms in total. The van der Waals surface area contributed by atoms with Gasteiger partial charge in [0.1, 0.15) is 0 Å². The van der Waals surface area contributed by atoms with Gasteiger partial charge < -0.3 is 20.4 Å². The standard InChI is InChI=1S/C24H34N4O2/c1-27(2)17-5-15-25-23(29)21-11-7-19(8-12-21)20-9-13-22(14-10-20)24(30)26-16-6-18-28(3)4/h7-14H,5-6,15-18H2,1-4H3,(H,25,29)(H,26,30). The molecule has 0 saturated carbocycles. The summed E-state index contributed by atoms with van der Waals surface area (Å²) in [6.45, 7) is 3.22. The summed E-state index contributed by atoms with van der Waals surface area (Å²) >= 11 is 0. The minimum atomic E-state index is -0.0541. The van der Waals surface area contributed by atoms with Gasteiger partial charge in [0.15, 0.2) is 0 Å². The molecular formula is C24H34N4O2. The second-order valence-electron chi connectivity index (χ2n) is 7.98. The van der Waals surface area contributed by atoms with Crippen LogP contribution in [0.5, 0.6) is 0 Å². The van der Waals surface area contributed by atoms with E-state index in [9.17, 15) is 9.59 Å². The molecule has 0 bridgehead atoms. The Kier molecular flexibility index (Phi) is 9.51. The lowest BCUT2D eigenvalue weighted by Gasteiger charge is -2.11. The summed E-state index contributed by atoms with van der Waals surface area (Å²) in [7, 11) is 8.08. The molecule has 162 valence electrons. The number of nitrogens with one attached hydrogen (secondary N) is 2. The Morgan fingerprint density at radius 1 is 0.633 bits per heavy atom. The van der Waals surface area contributed by atoms with E-state index in [1.807, 2.05) is 76.7 Å². The molecule has 2 aromatic rings. The Hall–Kier alpha value is -2.70. The Labute approximate surface area is 180 Å². The second kappa shape index (κ2) is 12.1. The van der Waals surface area contributed by atoms with Crippen molar-refractivity contribution in [2.75, 3.05) is 54.4 Å². The second-order valence-corrected chi connectivity index (χ2v) is 7.98. The fraction of sp³-hybridized carbons (Fsp3) is 0.417. The SMILES string of the molecule is CN(C)CCCNC(=O)c1ccc(-c2ccc(C(=O)NCCCN(C)C)cc2)cc1. The summed E-state index contributed by atoms with van der Waals surface area (Å²) in [4.78, 5) is 28.7. The molecule has 6 heteroatoms. The minimum absolute atomic E-state index is 0.0541. The van der Waals surface area contributed by atoms with Crippen LogP contribution in [0.15, 0.2) is 48.5 Å². The average molecular weight is 411 g/mol. The highest BCUT2D eigenvalue weighted by Gasteiger charge is 2.08. The van der Waals surface area contributed by atoms with E-state index >= 15 is 0 Å². The van der Waals surface area contributed by atoms with Crippen molar-refractivity contribution in [2.24, 2.45) is 0 Å². The van der Waals surface area contributed by atoms with Crippen molar-refractivity contribution in [3.8, 4) is 11.1 Å². The summed E-state index contributed by atoms with van der Waals surface area (Å²) in [6.07, 6.45) is 1.85. The van der Waals surface area contributed by atoms with Crippen LogP contribution in [-0.2, 0) is 0 Å². The van der Waals surface area contributed by atoms with Crippen molar-refractivity contribution in [1.29, 1.82) is 0 Å². The number of hydrogen-bond donors (Lipinski definition) is 2. The maximum absolute atomic E-state index is 12.2. The van der Waals surface area contributed by atoms with Gasteiger partial charge in [-0.1, -0.05) is 24.3 Å². The summed E-state index contributed by atoms with van der Waals surface area (Å²) in [5, 5.41) is 5.90. The van der Waals surface area contributed by atoms with Gasteiger partial charge in [0.25, 0.3) is 11.8 Å². The first-order chi connectivity index (χ1) is 14.4. The molecule has 0 spiro atoms. The Bertz CT molecular complexity index is 729. The van der Waals surface area contributed by atoms with Gasteiger partial charge in [-0.3, -0.25) is 9.59 Å². The molecule has 0 atom stereocenters. The van der Waals surface area contributed by atoms with Crippen LogP contribution in [-0.4, -0.2) is 76.0 Å². The van der Waals surface area contributed by atoms with Crippen LogP contribution in [0.1, 0.15) is 33.6 Å². The van der Waals surface area contributed by atoms with Crippen LogP contribution in [0.4, 0.5) is 0 Å². The predicted octanol–water partition coefficient (Wildman–Crippen LogP) is 2.72. The lowest BCUT2D eigenvalue weighted by atomic mass is 10.0. The van der Waals surface area contributed by atoms with Crippen LogP contribution in [0.3, 0.4) is 0 Å². The molecule has 2 rings (SSSR count). The number of carbonyl (C=O) groups excluding carboxylic acids is 2. The van der Waals surface area contributed by atoms with E-state index < -0.39 is 0 Å². The monoisotopic (exact) mass is 410 g/mol. The van der Waals surface area contributed by atoms with Crippen molar-refractivity contribution in [2.45, 2.75) is 12.8 Å². The fourth-order valence-electron chi connectivity index (χ4n) is 3.03. The summed E-state index contributed by atoms with van der Waals surface area (Å²) < 4.78 is 0. The van der Waals surface area contributed by atoms with Gasteiger partial charge in [0.2, 0.25) is 0 Å². The van der Waals surface area contributed by atoms with E-state index in [1.165, 1.54) is 0 Å². The third kappa shape index (κ3) is 7.97. The number of amides is 2. The molecule has 0 aliphatic rings. The van der Waals surface area contributed by atoms with Crippen LogP contribution in [0.25, 0.3) is 11.1 Å². The van der Waals surface area contributed by atoms with Gasteiger partial charge in [0.05, 0.1) is 0 Å². The van der Waals surface area contributed by atoms with Crippen LogP contribution in [0.2, 0.25) is 0 Å². The highest BCUT2D eigenvalue weighted by Crippen LogP contribution is 2.20. The number of benzene rings is 2. The van der Waals surface area contributed by atoms with Gasteiger partial charge in [-0.25, -0.2) is 0 Å². The number of hydrogen-bond acceptors (Lipinski definition) is 4. The van der Waals surface area contributed by atoms with E-state index in [1.54, 1.807) is 0 Å². The van der Waals surface area contributed by atoms with E-state index in [-0.39, 0.29) is 11.8 Å². The highest BCUT2D eigenvalue weighted by atomic mass is 16.2. The van der Waals surface area contributed by atoms with Crippen molar-refractivity contribution < 1.29 is 9.59 Å². The quantitative estimate of drug-likeness (QED) is 0.559. The molecule has 2 N–H and O–H groups in total. The third-order valence-electron chi connectivity index (χ3n) is 4.76. The van der Waals surface area contributed by atoms with Crippen LogP contribution < -0.4 is 10.6 Å². The van der Waals surface area contributed by atoms with Crippen LogP contribution >= 0.6 is 0 Å². The van der Waals surface area contributed by atoms with Crippen molar-refractivity contribution in [3.63, 3.8) is 0 Å². The Morgan fingerprint density at radius 3 is 1.27 bits per heavy atom. The minimum Gasteiger partial charge on any atom is -0.352 e. The molecule has 0 aliphatic carbocycles. The zero-order valence-electron chi connectivity index (χ0n) is 18.6. The Balaban J connectivity index is 1.87. The van der Waals surface area contributed by atoms with Gasteiger partial charge in [-0.05, 0) is 89.5 Å². The first kappa shape index (κ1) is 23.6. The van der Waals surface area contributed by atoms with Gasteiger partial charge in [-0.15, -0.1) is 0 Å². The van der Waals surface area contributed by atoms with E-state index in [4.69, 9.17) is 0 Å². The van der Waals surface area contributed by atoms with Gasteiger partial charge in [-0.2, -0.15) is 0 Å². The maximum atomic E-state index is 12.2. The number of rotatable bonds is 11. The molecule has 0 heterocycles. The molecule has 2 amide bonds. The highest BCUT2D eigenvalue weighted by molar-refractivity contribution is 5.95. The molecule has 0 aromatic heterocycles. The van der Waals surface area contributed by atoms with Gasteiger partial charge >= 0.3 is 0 Å². The molecular weight excluding hydrogens is 376 g/mol. The lowest BCUT2D eigenvalue weighted by Crippen LogP contribution is -2.27. The van der Waals surface area contributed by atoms with Crippen molar-refractivity contribution >= 4 is 11.8 Å². The summed E-state index contributed by atoms with van der Waals surface area (Å²) in [5.41, 5.74) is 3.32. The molecule has 0 aliphatic heterocycles. The molecule has 0 saturated heterocycles. The fourth-order valence-corrected chi connectivity index (χ4v) is 3.03. The average Bonchev–Trinajstić information content (AvgIpc) is 2.74. The van der Waals surface area contributed by atoms with E-state index in [0.29, 0.717) is 24.2 Å². The maximum Gasteiger partial charge on any atom is 0.251 e. The third-order valence-corrected chi connectivity index (χ3v) is 4.76. The zero-order valence-corrected chi connectivity index (χ0v) is 18.6. The summed E-state index contributed by atoms with van der Waals surface area (Å²) in [6, 6.07) is 15.1. The molecule has 30 heavy (non-hydrogen) atoms. The largest absolute Gasteiger partial charge is 0.352 e. The zero-order chi connectivity index (χ0) is 21.9. The van der Waals surface area contributed by atoms with E-state index in [2.05, 4.69) is 20.4 Å². The summed E-state index contributed by atoms with van der Waals surface area (Å²) in [5.74, 6) is -0.108. The first-order valence-corrected chi connectivity index (χ1v) is 10.4. The van der Waals surface area contributed by atoms with Crippen LogP contribution in [0, 0.1) is 0 Å². The Morgan fingerprint density at radius 2 is 0.967 bits per heavy atom. The van der Waals surface area contributed by atoms with Crippen molar-refractivity contribution in [1.82, 2.24) is 20.4 Å². The number of carbonyl (C=O) groups is 2. The predicted molar refractivity (Wildman–Crippen MR) is 123 cm³/mol. The molecule has 0 radical (unpaired) electrons. The number of nitrogens with zero attached hydrogens (tertiary/aromatic N) is 2. The first-order valence-electron chi connectivity index (χ1n) is 10.4. The molecule has 0 fully saturated rings. The van der Waals surface area contributed by atoms with Gasteiger partial charge in [0, 0.05) is 24.2 Å². The topological polar surface area (TPSA) is 64.7 Å². The van der Waals surface area contributed by atoms with E-state index in [0.717, 1.165) is 37.1 Å². The normalized spacial score (nSPS) is 11.0. The van der Waals surface area contributed by atoms with Crippen molar-refractivity contribution in [3.05, 3.63) is 59.7 Å². The molecule has 0 unspecified atom stereocenters. The lowest BCUT2D eigenvalue weighted by molar-refractivity contribution is 0.0944.